The molecule has 10 heteroatoms. The lowest BCUT2D eigenvalue weighted by Gasteiger charge is -2.20. The zero-order valence-electron chi connectivity index (χ0n) is 20.6. The number of ether oxygens (including phenoxy) is 2. The number of benzene rings is 3. The number of nitrogens with zero attached hydrogens (tertiary/aromatic N) is 1. The molecule has 190 valence electrons. The van der Waals surface area contributed by atoms with Crippen molar-refractivity contribution >= 4 is 33.2 Å². The smallest absolute Gasteiger partial charge is 0.264 e. The first-order valence-electron chi connectivity index (χ1n) is 11.2. The number of rotatable bonds is 10. The summed E-state index contributed by atoms with van der Waals surface area (Å²) in [6.45, 7) is 2.48. The van der Waals surface area contributed by atoms with E-state index in [0.717, 1.165) is 10.7 Å². The fourth-order valence-corrected chi connectivity index (χ4v) is 4.63. The summed E-state index contributed by atoms with van der Waals surface area (Å²) in [4.78, 5) is 25.3. The Bertz CT molecular complexity index is 1340. The highest BCUT2D eigenvalue weighted by molar-refractivity contribution is 7.92. The Morgan fingerprint density at radius 3 is 2.19 bits per heavy atom. The second-order valence-corrected chi connectivity index (χ2v) is 9.76. The Morgan fingerprint density at radius 1 is 0.889 bits per heavy atom. The number of sulfonamides is 1. The fourth-order valence-electron chi connectivity index (χ4n) is 3.41. The van der Waals surface area contributed by atoms with Gasteiger partial charge in [0.05, 0.1) is 36.1 Å². The van der Waals surface area contributed by atoms with Crippen molar-refractivity contribution in [1.29, 1.82) is 0 Å². The molecule has 0 aliphatic heterocycles. The Morgan fingerprint density at radius 2 is 1.56 bits per heavy atom. The molecule has 9 nitrogen and oxygen atoms in total. The standard InChI is InChI=1S/C26H29N3O6S/c1-5-16-27-26(31)21-8-6-7-9-22(21)28-25(30)18-10-12-19(13-11-18)29(2)36(32,33)20-14-15-23(34-3)24(17-20)35-4/h6-15,17H,5,16H2,1-4H3,(H,27,31)(H,28,30). The number of carbonyl (C=O) groups excluding carboxylic acids is 2. The van der Waals surface area contributed by atoms with E-state index in [1.54, 1.807) is 24.3 Å². The normalized spacial score (nSPS) is 10.9. The first-order chi connectivity index (χ1) is 17.2. The van der Waals surface area contributed by atoms with Crippen molar-refractivity contribution in [3.8, 4) is 11.5 Å². The van der Waals surface area contributed by atoms with Crippen LogP contribution in [0.1, 0.15) is 34.1 Å². The van der Waals surface area contributed by atoms with Crippen LogP contribution >= 0.6 is 0 Å². The van der Waals surface area contributed by atoms with Crippen LogP contribution in [-0.4, -0.2) is 48.0 Å². The van der Waals surface area contributed by atoms with Gasteiger partial charge in [0.25, 0.3) is 21.8 Å². The predicted octanol–water partition coefficient (Wildman–Crippen LogP) is 3.92. The van der Waals surface area contributed by atoms with E-state index in [2.05, 4.69) is 10.6 Å². The van der Waals surface area contributed by atoms with Crippen LogP contribution in [0, 0.1) is 0 Å². The van der Waals surface area contributed by atoms with Gasteiger partial charge in [0.15, 0.2) is 11.5 Å². The summed E-state index contributed by atoms with van der Waals surface area (Å²) in [7, 11) is 0.418. The van der Waals surface area contributed by atoms with Crippen molar-refractivity contribution < 1.29 is 27.5 Å². The minimum atomic E-state index is -3.90. The van der Waals surface area contributed by atoms with Crippen LogP contribution < -0.4 is 24.4 Å². The summed E-state index contributed by atoms with van der Waals surface area (Å²) in [6, 6.07) is 17.2. The lowest BCUT2D eigenvalue weighted by Crippen LogP contribution is -2.27. The fraction of sp³-hybridized carbons (Fsp3) is 0.231. The monoisotopic (exact) mass is 511 g/mol. The maximum atomic E-state index is 13.1. The highest BCUT2D eigenvalue weighted by Crippen LogP contribution is 2.31. The zero-order chi connectivity index (χ0) is 26.3. The van der Waals surface area contributed by atoms with Crippen LogP contribution in [0.2, 0.25) is 0 Å². The lowest BCUT2D eigenvalue weighted by atomic mass is 10.1. The average Bonchev–Trinajstić information content (AvgIpc) is 2.91. The maximum absolute atomic E-state index is 13.1. The summed E-state index contributed by atoms with van der Waals surface area (Å²) >= 11 is 0. The molecule has 0 aromatic heterocycles. The number of carbonyl (C=O) groups is 2. The van der Waals surface area contributed by atoms with E-state index in [4.69, 9.17) is 9.47 Å². The molecule has 2 N–H and O–H groups in total. The third-order valence-corrected chi connectivity index (χ3v) is 7.24. The molecule has 0 saturated carbocycles. The molecule has 3 aromatic carbocycles. The predicted molar refractivity (Wildman–Crippen MR) is 139 cm³/mol. The van der Waals surface area contributed by atoms with Crippen LogP contribution in [0.25, 0.3) is 0 Å². The van der Waals surface area contributed by atoms with E-state index in [9.17, 15) is 18.0 Å². The number of hydrogen-bond acceptors (Lipinski definition) is 6. The van der Waals surface area contributed by atoms with Gasteiger partial charge in [-0.2, -0.15) is 0 Å². The van der Waals surface area contributed by atoms with E-state index in [0.29, 0.717) is 40.5 Å². The summed E-state index contributed by atoms with van der Waals surface area (Å²) in [5.41, 5.74) is 1.41. The SMILES string of the molecule is CCCNC(=O)c1ccccc1NC(=O)c1ccc(N(C)S(=O)(=O)c2ccc(OC)c(OC)c2)cc1. The average molecular weight is 512 g/mol. The molecule has 2 amide bonds. The summed E-state index contributed by atoms with van der Waals surface area (Å²) in [5, 5.41) is 5.55. The van der Waals surface area contributed by atoms with Gasteiger partial charge in [-0.1, -0.05) is 19.1 Å². The third kappa shape index (κ3) is 5.77. The molecule has 0 atom stereocenters. The molecule has 0 aliphatic rings. The topological polar surface area (TPSA) is 114 Å². The number of para-hydroxylation sites is 1. The van der Waals surface area contributed by atoms with Crippen molar-refractivity contribution in [1.82, 2.24) is 5.32 Å². The molecular weight excluding hydrogens is 482 g/mol. The van der Waals surface area contributed by atoms with Crippen molar-refractivity contribution in [3.05, 3.63) is 77.9 Å². The molecule has 0 spiro atoms. The van der Waals surface area contributed by atoms with Crippen molar-refractivity contribution in [2.24, 2.45) is 0 Å². The molecule has 3 aromatic rings. The number of anilines is 2. The lowest BCUT2D eigenvalue weighted by molar-refractivity contribution is 0.0954. The van der Waals surface area contributed by atoms with Crippen LogP contribution in [0.5, 0.6) is 11.5 Å². The van der Waals surface area contributed by atoms with Crippen LogP contribution in [0.3, 0.4) is 0 Å². The summed E-state index contributed by atoms with van der Waals surface area (Å²) < 4.78 is 37.8. The second kappa shape index (κ2) is 11.6. The van der Waals surface area contributed by atoms with Gasteiger partial charge in [-0.15, -0.1) is 0 Å². The number of nitrogens with one attached hydrogen (secondary N) is 2. The van der Waals surface area contributed by atoms with E-state index in [1.165, 1.54) is 63.7 Å². The molecular formula is C26H29N3O6S. The second-order valence-electron chi connectivity index (χ2n) is 7.79. The Balaban J connectivity index is 1.78. The Labute approximate surface area is 211 Å². The van der Waals surface area contributed by atoms with Gasteiger partial charge in [0, 0.05) is 25.2 Å². The maximum Gasteiger partial charge on any atom is 0.264 e. The molecule has 0 saturated heterocycles. The highest BCUT2D eigenvalue weighted by atomic mass is 32.2. The van der Waals surface area contributed by atoms with Crippen LogP contribution in [0.4, 0.5) is 11.4 Å². The van der Waals surface area contributed by atoms with E-state index in [-0.39, 0.29) is 10.8 Å². The molecule has 0 heterocycles. The highest BCUT2D eigenvalue weighted by Gasteiger charge is 2.23. The molecule has 0 unspecified atom stereocenters. The number of methoxy groups -OCH3 is 2. The largest absolute Gasteiger partial charge is 0.493 e. The Kier molecular flexibility index (Phi) is 8.55. The van der Waals surface area contributed by atoms with Gasteiger partial charge in [-0.05, 0) is 55.0 Å². The first-order valence-corrected chi connectivity index (χ1v) is 12.7. The van der Waals surface area contributed by atoms with Crippen molar-refractivity contribution in [3.63, 3.8) is 0 Å². The summed E-state index contributed by atoms with van der Waals surface area (Å²) in [6.07, 6.45) is 0.794. The van der Waals surface area contributed by atoms with E-state index >= 15 is 0 Å². The van der Waals surface area contributed by atoms with Crippen LogP contribution in [0.15, 0.2) is 71.6 Å². The molecule has 0 fully saturated rings. The minimum absolute atomic E-state index is 0.0300. The molecule has 0 radical (unpaired) electrons. The van der Waals surface area contributed by atoms with Gasteiger partial charge in [-0.25, -0.2) is 8.42 Å². The molecule has 3 rings (SSSR count). The summed E-state index contributed by atoms with van der Waals surface area (Å²) in [5.74, 6) is 0.00863. The zero-order valence-corrected chi connectivity index (χ0v) is 21.4. The van der Waals surface area contributed by atoms with E-state index in [1.807, 2.05) is 6.92 Å². The molecule has 0 aliphatic carbocycles. The van der Waals surface area contributed by atoms with Gasteiger partial charge in [0.2, 0.25) is 0 Å². The van der Waals surface area contributed by atoms with E-state index < -0.39 is 15.9 Å². The van der Waals surface area contributed by atoms with Crippen LogP contribution in [-0.2, 0) is 10.0 Å². The van der Waals surface area contributed by atoms with Gasteiger partial charge < -0.3 is 20.1 Å². The van der Waals surface area contributed by atoms with Gasteiger partial charge in [0.1, 0.15) is 0 Å². The van der Waals surface area contributed by atoms with Gasteiger partial charge >= 0.3 is 0 Å². The van der Waals surface area contributed by atoms with Gasteiger partial charge in [-0.3, -0.25) is 13.9 Å². The van der Waals surface area contributed by atoms with Crippen molar-refractivity contribution in [2.45, 2.75) is 18.2 Å². The molecule has 36 heavy (non-hydrogen) atoms. The first kappa shape index (κ1) is 26.6. The number of hydrogen-bond donors (Lipinski definition) is 2. The minimum Gasteiger partial charge on any atom is -0.493 e. The van der Waals surface area contributed by atoms with Crippen molar-refractivity contribution in [2.75, 3.05) is 37.4 Å². The quantitative estimate of drug-likeness (QED) is 0.427. The number of amides is 2. The Hall–Kier alpha value is -4.05. The molecule has 0 bridgehead atoms. The third-order valence-electron chi connectivity index (χ3n) is 5.46.